The molecule has 10 nitrogen and oxygen atoms in total. The summed E-state index contributed by atoms with van der Waals surface area (Å²) < 4.78 is 36.9. The van der Waals surface area contributed by atoms with Crippen molar-refractivity contribution in [3.63, 3.8) is 0 Å². The summed E-state index contributed by atoms with van der Waals surface area (Å²) in [5.41, 5.74) is 1.17. The predicted octanol–water partition coefficient (Wildman–Crippen LogP) is 2.23. The highest BCUT2D eigenvalue weighted by atomic mass is 32.2. The zero-order valence-corrected chi connectivity index (χ0v) is 18.2. The Kier molecular flexibility index (Phi) is 5.60. The lowest BCUT2D eigenvalue weighted by molar-refractivity contribution is 0.0600. The molecule has 0 atom stereocenters. The Morgan fingerprint density at radius 3 is 2.65 bits per heavy atom. The number of amides is 1. The SMILES string of the molecule is COC(=O)c1ccc(S(=O)(=O)N2CCc3nc(NC(=O)c4cc(C)on4)sc3C2)cc1. The highest BCUT2D eigenvalue weighted by Crippen LogP contribution is 2.31. The molecule has 31 heavy (non-hydrogen) atoms. The van der Waals surface area contributed by atoms with Gasteiger partial charge in [0.05, 0.1) is 29.8 Å². The van der Waals surface area contributed by atoms with Crippen LogP contribution in [-0.4, -0.2) is 48.4 Å². The lowest BCUT2D eigenvalue weighted by Crippen LogP contribution is -2.35. The fourth-order valence-electron chi connectivity index (χ4n) is 3.10. The van der Waals surface area contributed by atoms with Gasteiger partial charge in [-0.1, -0.05) is 5.16 Å². The lowest BCUT2D eigenvalue weighted by atomic mass is 10.2. The number of esters is 1. The van der Waals surface area contributed by atoms with Gasteiger partial charge in [-0.25, -0.2) is 18.2 Å². The van der Waals surface area contributed by atoms with Crippen molar-refractivity contribution in [1.29, 1.82) is 0 Å². The quantitative estimate of drug-likeness (QED) is 0.571. The van der Waals surface area contributed by atoms with E-state index in [4.69, 9.17) is 4.52 Å². The molecule has 1 aliphatic rings. The van der Waals surface area contributed by atoms with Gasteiger partial charge in [0.1, 0.15) is 5.76 Å². The van der Waals surface area contributed by atoms with Gasteiger partial charge < -0.3 is 9.26 Å². The Balaban J connectivity index is 1.49. The fourth-order valence-corrected chi connectivity index (χ4v) is 5.60. The van der Waals surface area contributed by atoms with Gasteiger partial charge in [-0.05, 0) is 31.2 Å². The molecule has 0 aliphatic carbocycles. The number of aryl methyl sites for hydroxylation is 1. The number of carbonyl (C=O) groups is 2. The molecule has 0 bridgehead atoms. The molecule has 4 rings (SSSR count). The Labute approximate surface area is 181 Å². The number of aromatic nitrogens is 2. The first-order valence-electron chi connectivity index (χ1n) is 9.19. The monoisotopic (exact) mass is 462 g/mol. The van der Waals surface area contributed by atoms with Crippen molar-refractivity contribution >= 4 is 38.4 Å². The third-order valence-corrected chi connectivity index (χ3v) is 7.55. The summed E-state index contributed by atoms with van der Waals surface area (Å²) in [7, 11) is -2.50. The normalized spacial score (nSPS) is 14.1. The van der Waals surface area contributed by atoms with Gasteiger partial charge in [-0.15, -0.1) is 11.3 Å². The largest absolute Gasteiger partial charge is 0.465 e. The molecule has 0 saturated heterocycles. The molecular formula is C19H18N4O6S2. The minimum absolute atomic E-state index is 0.0862. The maximum atomic E-state index is 13.0. The number of anilines is 1. The van der Waals surface area contributed by atoms with Crippen LogP contribution in [0.15, 0.2) is 39.8 Å². The molecule has 2 aromatic heterocycles. The first-order valence-corrected chi connectivity index (χ1v) is 11.5. The lowest BCUT2D eigenvalue weighted by Gasteiger charge is -2.25. The molecule has 0 fully saturated rings. The first kappa shape index (κ1) is 21.2. The van der Waals surface area contributed by atoms with E-state index in [0.29, 0.717) is 17.3 Å². The molecule has 162 valence electrons. The molecule has 12 heteroatoms. The van der Waals surface area contributed by atoms with E-state index in [0.717, 1.165) is 10.6 Å². The molecule has 0 saturated carbocycles. The number of fused-ring (bicyclic) bond motifs is 1. The molecule has 1 N–H and O–H groups in total. The van der Waals surface area contributed by atoms with Crippen LogP contribution < -0.4 is 5.32 Å². The van der Waals surface area contributed by atoms with E-state index >= 15 is 0 Å². The topological polar surface area (TPSA) is 132 Å². The highest BCUT2D eigenvalue weighted by molar-refractivity contribution is 7.89. The molecule has 1 amide bonds. The summed E-state index contributed by atoms with van der Waals surface area (Å²) in [5.74, 6) is -0.464. The minimum Gasteiger partial charge on any atom is -0.465 e. The summed E-state index contributed by atoms with van der Waals surface area (Å²) in [6.07, 6.45) is 0.421. The van der Waals surface area contributed by atoms with Gasteiger partial charge in [0.15, 0.2) is 10.8 Å². The fraction of sp³-hybridized carbons (Fsp3) is 0.263. The second-order valence-corrected chi connectivity index (χ2v) is 9.79. The van der Waals surface area contributed by atoms with Crippen molar-refractivity contribution in [3.8, 4) is 0 Å². The molecule has 0 radical (unpaired) electrons. The van der Waals surface area contributed by atoms with Crippen LogP contribution in [0.1, 0.15) is 37.2 Å². The Hall–Kier alpha value is -3.09. The Morgan fingerprint density at radius 1 is 1.26 bits per heavy atom. The number of hydrogen-bond donors (Lipinski definition) is 1. The maximum Gasteiger partial charge on any atom is 0.337 e. The highest BCUT2D eigenvalue weighted by Gasteiger charge is 2.31. The van der Waals surface area contributed by atoms with Gasteiger partial charge in [-0.3, -0.25) is 10.1 Å². The second-order valence-electron chi connectivity index (χ2n) is 6.77. The number of ether oxygens (including phenoxy) is 1. The standard InChI is InChI=1S/C19H18N4O6S2/c1-11-9-15(22-29-11)17(24)21-19-20-14-7-8-23(10-16(14)30-19)31(26,27)13-5-3-12(4-6-13)18(25)28-2/h3-6,9H,7-8,10H2,1-2H3,(H,20,21,24). The van der Waals surface area contributed by atoms with Gasteiger partial charge in [0, 0.05) is 23.9 Å². The smallest absolute Gasteiger partial charge is 0.337 e. The van der Waals surface area contributed by atoms with Crippen molar-refractivity contribution in [2.24, 2.45) is 0 Å². The maximum absolute atomic E-state index is 13.0. The number of hydrogen-bond acceptors (Lipinski definition) is 9. The Morgan fingerprint density at radius 2 is 2.00 bits per heavy atom. The van der Waals surface area contributed by atoms with Gasteiger partial charge in [0.25, 0.3) is 5.91 Å². The van der Waals surface area contributed by atoms with Crippen LogP contribution in [0.3, 0.4) is 0 Å². The molecular weight excluding hydrogens is 444 g/mol. The van der Waals surface area contributed by atoms with Crippen molar-refractivity contribution in [2.75, 3.05) is 19.0 Å². The van der Waals surface area contributed by atoms with Crippen LogP contribution in [0.2, 0.25) is 0 Å². The van der Waals surface area contributed by atoms with Crippen molar-refractivity contribution in [2.45, 2.75) is 24.8 Å². The van der Waals surface area contributed by atoms with E-state index in [1.165, 1.54) is 53.1 Å². The average Bonchev–Trinajstić information content (AvgIpc) is 3.38. The molecule has 0 unspecified atom stereocenters. The second kappa shape index (κ2) is 8.21. The van der Waals surface area contributed by atoms with Crippen LogP contribution in [0.4, 0.5) is 5.13 Å². The number of sulfonamides is 1. The summed E-state index contributed by atoms with van der Waals surface area (Å²) in [4.78, 5) is 29.0. The van der Waals surface area contributed by atoms with Crippen molar-refractivity contribution in [3.05, 3.63) is 57.9 Å². The number of nitrogens with zero attached hydrogens (tertiary/aromatic N) is 3. The van der Waals surface area contributed by atoms with Crippen LogP contribution in [0.5, 0.6) is 0 Å². The van der Waals surface area contributed by atoms with Crippen LogP contribution in [0.25, 0.3) is 0 Å². The van der Waals surface area contributed by atoms with E-state index in [1.807, 2.05) is 0 Å². The van der Waals surface area contributed by atoms with Crippen molar-refractivity contribution < 1.29 is 27.3 Å². The van der Waals surface area contributed by atoms with Crippen LogP contribution in [-0.2, 0) is 27.7 Å². The van der Waals surface area contributed by atoms with Crippen LogP contribution in [0, 0.1) is 6.92 Å². The number of nitrogens with one attached hydrogen (secondary N) is 1. The van der Waals surface area contributed by atoms with Gasteiger partial charge in [0.2, 0.25) is 10.0 Å². The zero-order valence-electron chi connectivity index (χ0n) is 16.6. The van der Waals surface area contributed by atoms with E-state index in [2.05, 4.69) is 20.2 Å². The summed E-state index contributed by atoms with van der Waals surface area (Å²) in [5, 5.41) is 6.71. The first-order chi connectivity index (χ1) is 14.8. The summed E-state index contributed by atoms with van der Waals surface area (Å²) >= 11 is 1.22. The number of methoxy groups -OCH3 is 1. The summed E-state index contributed by atoms with van der Waals surface area (Å²) in [6, 6.07) is 7.12. The molecule has 3 aromatic rings. The van der Waals surface area contributed by atoms with Crippen LogP contribution >= 0.6 is 11.3 Å². The molecule has 0 spiro atoms. The van der Waals surface area contributed by atoms with Crippen molar-refractivity contribution in [1.82, 2.24) is 14.4 Å². The number of rotatable bonds is 5. The average molecular weight is 463 g/mol. The Bertz CT molecular complexity index is 1250. The van der Waals surface area contributed by atoms with Gasteiger partial charge in [-0.2, -0.15) is 4.31 Å². The number of benzene rings is 1. The summed E-state index contributed by atoms with van der Waals surface area (Å²) in [6.45, 7) is 2.09. The van der Waals surface area contributed by atoms with Gasteiger partial charge >= 0.3 is 5.97 Å². The molecule has 1 aromatic carbocycles. The minimum atomic E-state index is -3.76. The predicted molar refractivity (Wildman–Crippen MR) is 110 cm³/mol. The van der Waals surface area contributed by atoms with E-state index < -0.39 is 21.9 Å². The number of carbonyl (C=O) groups excluding carboxylic acids is 2. The van der Waals surface area contributed by atoms with E-state index in [9.17, 15) is 18.0 Å². The van der Waals surface area contributed by atoms with E-state index in [-0.39, 0.29) is 29.2 Å². The molecule has 3 heterocycles. The third kappa shape index (κ3) is 4.22. The molecule has 1 aliphatic heterocycles. The van der Waals surface area contributed by atoms with E-state index in [1.54, 1.807) is 6.92 Å². The zero-order chi connectivity index (χ0) is 22.2. The third-order valence-electron chi connectivity index (χ3n) is 4.69. The number of thiazole rings is 1.